The second kappa shape index (κ2) is 9.32. The number of unbranched alkanes of at least 4 members (excludes halogenated alkanes) is 1. The Morgan fingerprint density at radius 1 is 1.37 bits per heavy atom. The van der Waals surface area contributed by atoms with Gasteiger partial charge in [0.2, 0.25) is 5.91 Å². The highest BCUT2D eigenvalue weighted by Crippen LogP contribution is 2.12. The van der Waals surface area contributed by atoms with Gasteiger partial charge in [-0.1, -0.05) is 26.7 Å². The first kappa shape index (κ1) is 16.4. The fourth-order valence-electron chi connectivity index (χ4n) is 2.63. The maximum absolute atomic E-state index is 11.9. The monoisotopic (exact) mass is 269 g/mol. The molecule has 112 valence electrons. The summed E-state index contributed by atoms with van der Waals surface area (Å²) in [5.74, 6) is 0.522. The number of nitrogens with two attached hydrogens (primary N) is 1. The summed E-state index contributed by atoms with van der Waals surface area (Å²) in [5.41, 5.74) is 5.64. The topological polar surface area (TPSA) is 58.4 Å². The summed E-state index contributed by atoms with van der Waals surface area (Å²) in [6, 6.07) is 0.376. The van der Waals surface area contributed by atoms with Crippen molar-refractivity contribution < 1.29 is 4.79 Å². The third-order valence-corrected chi connectivity index (χ3v) is 4.17. The van der Waals surface area contributed by atoms with Crippen molar-refractivity contribution in [3.05, 3.63) is 0 Å². The molecule has 0 saturated carbocycles. The van der Waals surface area contributed by atoms with Crippen molar-refractivity contribution in [2.24, 2.45) is 11.7 Å². The molecule has 1 saturated heterocycles. The molecule has 1 unspecified atom stereocenters. The molecule has 1 amide bonds. The number of carbonyl (C=O) groups is 1. The lowest BCUT2D eigenvalue weighted by molar-refractivity contribution is -0.123. The lowest BCUT2D eigenvalue weighted by Gasteiger charge is -2.32. The molecule has 0 aromatic rings. The van der Waals surface area contributed by atoms with Gasteiger partial charge in [-0.15, -0.1) is 0 Å². The fourth-order valence-corrected chi connectivity index (χ4v) is 2.63. The van der Waals surface area contributed by atoms with E-state index in [-0.39, 0.29) is 5.91 Å². The molecular weight excluding hydrogens is 238 g/mol. The Morgan fingerprint density at radius 3 is 2.58 bits per heavy atom. The lowest BCUT2D eigenvalue weighted by atomic mass is 10.0. The van der Waals surface area contributed by atoms with E-state index in [1.165, 1.54) is 19.4 Å². The standard InChI is InChI=1S/C15H31N3O/c1-3-5-8-18-9-6-14(7-10-18)17-15(19)11-13(4-2)12-16/h13-14H,3-12,16H2,1-2H3,(H,17,19). The van der Waals surface area contributed by atoms with Crippen LogP contribution in [0, 0.1) is 5.92 Å². The number of hydrogen-bond donors (Lipinski definition) is 2. The van der Waals surface area contributed by atoms with Crippen molar-refractivity contribution in [3.63, 3.8) is 0 Å². The summed E-state index contributed by atoms with van der Waals surface area (Å²) in [6.45, 7) is 8.39. The van der Waals surface area contributed by atoms with E-state index in [0.29, 0.717) is 24.9 Å². The lowest BCUT2D eigenvalue weighted by Crippen LogP contribution is -2.45. The van der Waals surface area contributed by atoms with Gasteiger partial charge in [0.25, 0.3) is 0 Å². The van der Waals surface area contributed by atoms with E-state index in [1.54, 1.807) is 0 Å². The number of amides is 1. The minimum absolute atomic E-state index is 0.185. The molecule has 1 aliphatic rings. The van der Waals surface area contributed by atoms with Gasteiger partial charge in [-0.2, -0.15) is 0 Å². The Kier molecular flexibility index (Phi) is 8.07. The highest BCUT2D eigenvalue weighted by molar-refractivity contribution is 5.76. The van der Waals surface area contributed by atoms with Gasteiger partial charge >= 0.3 is 0 Å². The van der Waals surface area contributed by atoms with Crippen LogP contribution in [0.15, 0.2) is 0 Å². The molecule has 1 aliphatic heterocycles. The minimum atomic E-state index is 0.185. The van der Waals surface area contributed by atoms with Crippen LogP contribution in [0.25, 0.3) is 0 Å². The van der Waals surface area contributed by atoms with Gasteiger partial charge < -0.3 is 16.0 Å². The molecule has 0 aliphatic carbocycles. The molecule has 4 nitrogen and oxygen atoms in total. The van der Waals surface area contributed by atoms with Crippen LogP contribution in [0.5, 0.6) is 0 Å². The van der Waals surface area contributed by atoms with Gasteiger partial charge in [-0.05, 0) is 38.3 Å². The first-order valence-corrected chi connectivity index (χ1v) is 7.91. The highest BCUT2D eigenvalue weighted by Gasteiger charge is 2.21. The van der Waals surface area contributed by atoms with Crippen molar-refractivity contribution in [1.29, 1.82) is 0 Å². The molecule has 3 N–H and O–H groups in total. The smallest absolute Gasteiger partial charge is 0.220 e. The fraction of sp³-hybridized carbons (Fsp3) is 0.933. The Hall–Kier alpha value is -0.610. The van der Waals surface area contributed by atoms with Crippen molar-refractivity contribution in [3.8, 4) is 0 Å². The van der Waals surface area contributed by atoms with Crippen LogP contribution >= 0.6 is 0 Å². The SMILES string of the molecule is CCCCN1CCC(NC(=O)CC(CC)CN)CC1. The minimum Gasteiger partial charge on any atom is -0.353 e. The predicted molar refractivity (Wildman–Crippen MR) is 80.0 cm³/mol. The predicted octanol–water partition coefficient (Wildman–Crippen LogP) is 1.74. The van der Waals surface area contributed by atoms with E-state index in [2.05, 4.69) is 24.1 Å². The average molecular weight is 269 g/mol. The summed E-state index contributed by atoms with van der Waals surface area (Å²) in [7, 11) is 0. The number of hydrogen-bond acceptors (Lipinski definition) is 3. The summed E-state index contributed by atoms with van der Waals surface area (Å²) in [6.07, 6.45) is 6.30. The van der Waals surface area contributed by atoms with Gasteiger partial charge in [0.05, 0.1) is 0 Å². The number of rotatable bonds is 8. The Bertz CT molecular complexity index is 246. The van der Waals surface area contributed by atoms with Gasteiger partial charge in [0.1, 0.15) is 0 Å². The second-order valence-electron chi connectivity index (χ2n) is 5.75. The normalized spacial score (nSPS) is 19.3. The van der Waals surface area contributed by atoms with Crippen LogP contribution in [-0.2, 0) is 4.79 Å². The molecule has 0 aromatic carbocycles. The molecule has 4 heteroatoms. The van der Waals surface area contributed by atoms with Crippen molar-refractivity contribution in [2.45, 2.75) is 58.4 Å². The van der Waals surface area contributed by atoms with Crippen LogP contribution in [0.4, 0.5) is 0 Å². The molecular formula is C15H31N3O. The van der Waals surface area contributed by atoms with E-state index >= 15 is 0 Å². The Morgan fingerprint density at radius 2 is 2.05 bits per heavy atom. The maximum Gasteiger partial charge on any atom is 0.220 e. The molecule has 0 radical (unpaired) electrons. The molecule has 0 bridgehead atoms. The van der Waals surface area contributed by atoms with Crippen LogP contribution in [0.1, 0.15) is 52.4 Å². The third kappa shape index (κ3) is 6.39. The number of piperidine rings is 1. The molecule has 0 aromatic heterocycles. The molecule has 1 fully saturated rings. The third-order valence-electron chi connectivity index (χ3n) is 4.17. The second-order valence-corrected chi connectivity index (χ2v) is 5.75. The zero-order chi connectivity index (χ0) is 14.1. The number of nitrogens with one attached hydrogen (secondary N) is 1. The molecule has 19 heavy (non-hydrogen) atoms. The van der Waals surface area contributed by atoms with E-state index in [4.69, 9.17) is 5.73 Å². The van der Waals surface area contributed by atoms with Crippen LogP contribution in [0.3, 0.4) is 0 Å². The van der Waals surface area contributed by atoms with E-state index < -0.39 is 0 Å². The molecule has 1 atom stereocenters. The van der Waals surface area contributed by atoms with Crippen molar-refractivity contribution in [1.82, 2.24) is 10.2 Å². The number of likely N-dealkylation sites (tertiary alicyclic amines) is 1. The van der Waals surface area contributed by atoms with E-state index in [0.717, 1.165) is 32.4 Å². The van der Waals surface area contributed by atoms with Crippen LogP contribution < -0.4 is 11.1 Å². The summed E-state index contributed by atoms with van der Waals surface area (Å²) in [5, 5.41) is 3.17. The highest BCUT2D eigenvalue weighted by atomic mass is 16.1. The van der Waals surface area contributed by atoms with Gasteiger partial charge in [0.15, 0.2) is 0 Å². The van der Waals surface area contributed by atoms with Crippen LogP contribution in [-0.4, -0.2) is 43.0 Å². The summed E-state index contributed by atoms with van der Waals surface area (Å²) in [4.78, 5) is 14.4. The van der Waals surface area contributed by atoms with Gasteiger partial charge in [0, 0.05) is 25.6 Å². The Labute approximate surface area is 118 Å². The Balaban J connectivity index is 2.19. The number of nitrogens with zero attached hydrogens (tertiary/aromatic N) is 1. The number of carbonyl (C=O) groups excluding carboxylic acids is 1. The quantitative estimate of drug-likeness (QED) is 0.706. The molecule has 0 spiro atoms. The maximum atomic E-state index is 11.9. The molecule has 1 heterocycles. The zero-order valence-corrected chi connectivity index (χ0v) is 12.7. The van der Waals surface area contributed by atoms with E-state index in [1.807, 2.05) is 0 Å². The largest absolute Gasteiger partial charge is 0.353 e. The molecule has 1 rings (SSSR count). The van der Waals surface area contributed by atoms with Gasteiger partial charge in [-0.25, -0.2) is 0 Å². The van der Waals surface area contributed by atoms with Gasteiger partial charge in [-0.3, -0.25) is 4.79 Å². The zero-order valence-electron chi connectivity index (χ0n) is 12.7. The van der Waals surface area contributed by atoms with Crippen molar-refractivity contribution >= 4 is 5.91 Å². The first-order chi connectivity index (χ1) is 9.19. The van der Waals surface area contributed by atoms with E-state index in [9.17, 15) is 4.79 Å². The van der Waals surface area contributed by atoms with Crippen molar-refractivity contribution in [2.75, 3.05) is 26.2 Å². The summed E-state index contributed by atoms with van der Waals surface area (Å²) < 4.78 is 0. The average Bonchev–Trinajstić information content (AvgIpc) is 2.44. The first-order valence-electron chi connectivity index (χ1n) is 7.91. The summed E-state index contributed by atoms with van der Waals surface area (Å²) >= 11 is 0. The van der Waals surface area contributed by atoms with Crippen LogP contribution in [0.2, 0.25) is 0 Å².